The molecule has 1 unspecified atom stereocenters. The number of hydrogen-bond acceptors (Lipinski definition) is 1. The van der Waals surface area contributed by atoms with Gasteiger partial charge in [0, 0.05) is 18.4 Å². The third kappa shape index (κ3) is 2.74. The third-order valence-electron chi connectivity index (χ3n) is 2.07. The van der Waals surface area contributed by atoms with Crippen molar-refractivity contribution in [3.63, 3.8) is 0 Å². The van der Waals surface area contributed by atoms with Gasteiger partial charge in [0.1, 0.15) is 0 Å². The van der Waals surface area contributed by atoms with Gasteiger partial charge in [-0.2, -0.15) is 0 Å². The minimum absolute atomic E-state index is 0.389. The molecule has 1 N–H and O–H groups in total. The van der Waals surface area contributed by atoms with Gasteiger partial charge in [0.2, 0.25) is 0 Å². The van der Waals surface area contributed by atoms with Crippen molar-refractivity contribution in [2.75, 3.05) is 0 Å². The minimum Gasteiger partial charge on any atom is -0.387 e. The Balaban J connectivity index is 2.65. The molecule has 0 radical (unpaired) electrons. The van der Waals surface area contributed by atoms with Crippen molar-refractivity contribution in [1.82, 2.24) is 4.57 Å². The first-order valence-corrected chi connectivity index (χ1v) is 4.58. The Kier molecular flexibility index (Phi) is 3.32. The maximum Gasteiger partial charge on any atom is 0.0911 e. The first-order valence-electron chi connectivity index (χ1n) is 4.58. The molecule has 0 bridgehead atoms. The number of nitrogens with zero attached hydrogens (tertiary/aromatic N) is 1. The van der Waals surface area contributed by atoms with E-state index in [1.807, 2.05) is 25.3 Å². The number of aliphatic hydroxyl groups excluding tert-OH is 1. The van der Waals surface area contributed by atoms with E-state index in [1.54, 1.807) is 6.92 Å². The third-order valence-corrected chi connectivity index (χ3v) is 2.07. The quantitative estimate of drug-likeness (QED) is 0.706. The lowest BCUT2D eigenvalue weighted by atomic mass is 10.2. The maximum atomic E-state index is 9.42. The highest BCUT2D eigenvalue weighted by Crippen LogP contribution is 2.14. The lowest BCUT2D eigenvalue weighted by molar-refractivity contribution is 0.189. The zero-order chi connectivity index (χ0) is 9.84. The SMILES string of the molecule is C=C(C)CCn1cccc1C(C)O. The zero-order valence-electron chi connectivity index (χ0n) is 8.33. The fraction of sp³-hybridized carbons (Fsp3) is 0.455. The fourth-order valence-corrected chi connectivity index (χ4v) is 1.32. The van der Waals surface area contributed by atoms with Crippen LogP contribution in [0.15, 0.2) is 30.5 Å². The van der Waals surface area contributed by atoms with Crippen molar-refractivity contribution in [1.29, 1.82) is 0 Å². The lowest BCUT2D eigenvalue weighted by Gasteiger charge is -2.10. The molecule has 0 saturated carbocycles. The van der Waals surface area contributed by atoms with Gasteiger partial charge < -0.3 is 9.67 Å². The summed E-state index contributed by atoms with van der Waals surface area (Å²) in [6.07, 6.45) is 2.57. The van der Waals surface area contributed by atoms with Crippen molar-refractivity contribution < 1.29 is 5.11 Å². The molecule has 13 heavy (non-hydrogen) atoms. The van der Waals surface area contributed by atoms with Gasteiger partial charge in [-0.25, -0.2) is 0 Å². The first kappa shape index (κ1) is 10.1. The lowest BCUT2D eigenvalue weighted by Crippen LogP contribution is -2.04. The van der Waals surface area contributed by atoms with Crippen LogP contribution in [0.25, 0.3) is 0 Å². The molecule has 1 rings (SSSR count). The molecular formula is C11H17NO. The van der Waals surface area contributed by atoms with Gasteiger partial charge in [-0.1, -0.05) is 5.57 Å². The average Bonchev–Trinajstić information content (AvgIpc) is 2.47. The van der Waals surface area contributed by atoms with E-state index >= 15 is 0 Å². The number of hydrogen-bond donors (Lipinski definition) is 1. The number of allylic oxidation sites excluding steroid dienone is 1. The van der Waals surface area contributed by atoms with E-state index in [1.165, 1.54) is 5.57 Å². The van der Waals surface area contributed by atoms with Crippen molar-refractivity contribution in [3.8, 4) is 0 Å². The molecule has 0 amide bonds. The summed E-state index contributed by atoms with van der Waals surface area (Å²) in [5, 5.41) is 9.42. The van der Waals surface area contributed by atoms with E-state index in [-0.39, 0.29) is 6.10 Å². The molecule has 0 aromatic carbocycles. The molecular weight excluding hydrogens is 162 g/mol. The van der Waals surface area contributed by atoms with Gasteiger partial charge in [-0.3, -0.25) is 0 Å². The Morgan fingerprint density at radius 2 is 2.38 bits per heavy atom. The highest BCUT2D eigenvalue weighted by molar-refractivity contribution is 5.09. The summed E-state index contributed by atoms with van der Waals surface area (Å²) in [6.45, 7) is 8.56. The minimum atomic E-state index is -0.389. The zero-order valence-corrected chi connectivity index (χ0v) is 8.33. The van der Waals surface area contributed by atoms with Gasteiger partial charge >= 0.3 is 0 Å². The van der Waals surface area contributed by atoms with Crippen LogP contribution >= 0.6 is 0 Å². The topological polar surface area (TPSA) is 25.2 Å². The van der Waals surface area contributed by atoms with Gasteiger partial charge in [-0.15, -0.1) is 6.58 Å². The van der Waals surface area contributed by atoms with Crippen LogP contribution in [0.3, 0.4) is 0 Å². The smallest absolute Gasteiger partial charge is 0.0911 e. The van der Waals surface area contributed by atoms with Crippen LogP contribution in [0, 0.1) is 0 Å². The van der Waals surface area contributed by atoms with E-state index in [0.29, 0.717) is 0 Å². The molecule has 0 aliphatic heterocycles. The molecule has 2 heteroatoms. The van der Waals surface area contributed by atoms with Gasteiger partial charge in [0.25, 0.3) is 0 Å². The monoisotopic (exact) mass is 179 g/mol. The van der Waals surface area contributed by atoms with Crippen LogP contribution in [-0.4, -0.2) is 9.67 Å². The van der Waals surface area contributed by atoms with Crippen LogP contribution in [0.4, 0.5) is 0 Å². The second kappa shape index (κ2) is 4.28. The predicted molar refractivity (Wildman–Crippen MR) is 54.5 cm³/mol. The number of aliphatic hydroxyl groups is 1. The molecule has 0 aliphatic rings. The van der Waals surface area contributed by atoms with E-state index in [0.717, 1.165) is 18.7 Å². The molecule has 1 heterocycles. The molecule has 0 aliphatic carbocycles. The number of rotatable bonds is 4. The van der Waals surface area contributed by atoms with E-state index in [9.17, 15) is 5.11 Å². The molecule has 2 nitrogen and oxygen atoms in total. The summed E-state index contributed by atoms with van der Waals surface area (Å²) >= 11 is 0. The Morgan fingerprint density at radius 1 is 1.69 bits per heavy atom. The van der Waals surface area contributed by atoms with Crippen LogP contribution in [0.2, 0.25) is 0 Å². The molecule has 72 valence electrons. The largest absolute Gasteiger partial charge is 0.387 e. The average molecular weight is 179 g/mol. The van der Waals surface area contributed by atoms with Crippen LogP contribution < -0.4 is 0 Å². The van der Waals surface area contributed by atoms with E-state index in [4.69, 9.17) is 0 Å². The van der Waals surface area contributed by atoms with Crippen molar-refractivity contribution >= 4 is 0 Å². The highest BCUT2D eigenvalue weighted by Gasteiger charge is 2.05. The maximum absolute atomic E-state index is 9.42. The number of aromatic nitrogens is 1. The highest BCUT2D eigenvalue weighted by atomic mass is 16.3. The normalized spacial score (nSPS) is 12.8. The summed E-state index contributed by atoms with van der Waals surface area (Å²) in [4.78, 5) is 0. The summed E-state index contributed by atoms with van der Waals surface area (Å²) in [5.41, 5.74) is 2.14. The Hall–Kier alpha value is -1.02. The second-order valence-corrected chi connectivity index (χ2v) is 3.51. The van der Waals surface area contributed by atoms with Gasteiger partial charge in [0.05, 0.1) is 6.10 Å². The molecule has 1 aromatic heterocycles. The van der Waals surface area contributed by atoms with Crippen molar-refractivity contribution in [3.05, 3.63) is 36.2 Å². The van der Waals surface area contributed by atoms with Crippen LogP contribution in [0.1, 0.15) is 32.1 Å². The predicted octanol–water partition coefficient (Wildman–Crippen LogP) is 2.51. The first-order chi connectivity index (χ1) is 6.11. The van der Waals surface area contributed by atoms with Crippen LogP contribution in [0.5, 0.6) is 0 Å². The van der Waals surface area contributed by atoms with Crippen molar-refractivity contribution in [2.45, 2.75) is 32.9 Å². The standard InChI is InChI=1S/C11H17NO/c1-9(2)6-8-12-7-4-5-11(12)10(3)13/h4-5,7,10,13H,1,6,8H2,2-3H3. The summed E-state index contributed by atoms with van der Waals surface area (Å²) in [5.74, 6) is 0. The molecule has 0 saturated heterocycles. The molecule has 0 spiro atoms. The van der Waals surface area contributed by atoms with Gasteiger partial charge in [0.15, 0.2) is 0 Å². The molecule has 1 aromatic rings. The molecule has 1 atom stereocenters. The van der Waals surface area contributed by atoms with E-state index < -0.39 is 0 Å². The van der Waals surface area contributed by atoms with Crippen molar-refractivity contribution in [2.24, 2.45) is 0 Å². The Morgan fingerprint density at radius 3 is 2.92 bits per heavy atom. The second-order valence-electron chi connectivity index (χ2n) is 3.51. The Labute approximate surface area is 79.5 Å². The van der Waals surface area contributed by atoms with Gasteiger partial charge in [-0.05, 0) is 32.4 Å². The Bertz CT molecular complexity index is 286. The summed E-state index contributed by atoms with van der Waals surface area (Å²) < 4.78 is 2.07. The fourth-order valence-electron chi connectivity index (χ4n) is 1.32. The van der Waals surface area contributed by atoms with Crippen LogP contribution in [-0.2, 0) is 6.54 Å². The number of aryl methyl sites for hydroxylation is 1. The summed E-state index contributed by atoms with van der Waals surface area (Å²) in [7, 11) is 0. The molecule has 0 fully saturated rings. The van der Waals surface area contributed by atoms with E-state index in [2.05, 4.69) is 11.1 Å². The summed E-state index contributed by atoms with van der Waals surface area (Å²) in [6, 6.07) is 3.91.